The number of anilines is 1. The second-order valence-electron chi connectivity index (χ2n) is 5.03. The van der Waals surface area contributed by atoms with Gasteiger partial charge in [-0.3, -0.25) is 14.9 Å². The van der Waals surface area contributed by atoms with Gasteiger partial charge in [-0.25, -0.2) is 0 Å². The number of nitrogens with zero attached hydrogens (tertiary/aromatic N) is 1. The molecule has 6 nitrogen and oxygen atoms in total. The fourth-order valence-electron chi connectivity index (χ4n) is 2.67. The van der Waals surface area contributed by atoms with E-state index in [0.717, 1.165) is 25.0 Å². The van der Waals surface area contributed by atoms with Crippen LogP contribution in [0.5, 0.6) is 0 Å². The highest BCUT2D eigenvalue weighted by molar-refractivity contribution is 7.99. The van der Waals surface area contributed by atoms with Crippen molar-refractivity contribution in [2.24, 2.45) is 5.73 Å². The molecule has 2 rings (SSSR count). The van der Waals surface area contributed by atoms with E-state index in [1.807, 2.05) is 11.8 Å². The lowest BCUT2D eigenvalue weighted by atomic mass is 10.1. The van der Waals surface area contributed by atoms with Gasteiger partial charge in [-0.2, -0.15) is 11.8 Å². The normalized spacial score (nSPS) is 21.2. The first-order valence-electron chi connectivity index (χ1n) is 6.99. The van der Waals surface area contributed by atoms with Gasteiger partial charge in [-0.15, -0.1) is 0 Å². The van der Waals surface area contributed by atoms with E-state index in [-0.39, 0.29) is 17.3 Å². The Morgan fingerprint density at radius 3 is 2.90 bits per heavy atom. The fourth-order valence-corrected chi connectivity index (χ4v) is 3.87. The van der Waals surface area contributed by atoms with Crippen LogP contribution in [0.1, 0.15) is 36.5 Å². The van der Waals surface area contributed by atoms with Crippen molar-refractivity contribution in [2.75, 3.05) is 11.1 Å². The summed E-state index contributed by atoms with van der Waals surface area (Å²) in [6.45, 7) is 2.11. The molecule has 0 heterocycles. The Kier molecular flexibility index (Phi) is 5.06. The molecule has 1 saturated carbocycles. The van der Waals surface area contributed by atoms with E-state index >= 15 is 0 Å². The minimum absolute atomic E-state index is 0.0212. The number of primary amides is 1. The summed E-state index contributed by atoms with van der Waals surface area (Å²) < 4.78 is 0. The van der Waals surface area contributed by atoms with Crippen molar-refractivity contribution < 1.29 is 9.72 Å². The van der Waals surface area contributed by atoms with Crippen LogP contribution < -0.4 is 11.1 Å². The van der Waals surface area contributed by atoms with Gasteiger partial charge in [0.25, 0.3) is 5.69 Å². The molecule has 3 N–H and O–H groups in total. The summed E-state index contributed by atoms with van der Waals surface area (Å²) in [6.07, 6.45) is 3.20. The van der Waals surface area contributed by atoms with Crippen molar-refractivity contribution in [3.05, 3.63) is 33.9 Å². The smallest absolute Gasteiger partial charge is 0.292 e. The van der Waals surface area contributed by atoms with Crippen LogP contribution in [-0.4, -0.2) is 27.9 Å². The lowest BCUT2D eigenvalue weighted by Crippen LogP contribution is -2.26. The van der Waals surface area contributed by atoms with Gasteiger partial charge in [0.2, 0.25) is 5.91 Å². The number of nitro groups is 1. The van der Waals surface area contributed by atoms with Crippen LogP contribution in [0, 0.1) is 10.1 Å². The Bertz CT molecular complexity index is 550. The number of nitrogens with one attached hydrogen (secondary N) is 1. The highest BCUT2D eigenvalue weighted by atomic mass is 32.2. The van der Waals surface area contributed by atoms with Crippen LogP contribution in [0.2, 0.25) is 0 Å². The average Bonchev–Trinajstić information content (AvgIpc) is 2.86. The number of hydrogen-bond donors (Lipinski definition) is 2. The van der Waals surface area contributed by atoms with Crippen molar-refractivity contribution in [1.29, 1.82) is 0 Å². The van der Waals surface area contributed by atoms with Crippen molar-refractivity contribution in [2.45, 2.75) is 37.5 Å². The predicted octanol–water partition coefficient (Wildman–Crippen LogP) is 2.78. The van der Waals surface area contributed by atoms with Crippen LogP contribution >= 0.6 is 11.8 Å². The summed E-state index contributed by atoms with van der Waals surface area (Å²) >= 11 is 1.87. The third-order valence-electron chi connectivity index (χ3n) is 3.65. The molecule has 7 heteroatoms. The SMILES string of the molecule is CCSC1CCCC1Nc1cc(C(N)=O)ccc1[N+](=O)[O-]. The second kappa shape index (κ2) is 6.80. The van der Waals surface area contributed by atoms with Gasteiger partial charge in [0.1, 0.15) is 5.69 Å². The lowest BCUT2D eigenvalue weighted by Gasteiger charge is -2.21. The highest BCUT2D eigenvalue weighted by Gasteiger charge is 2.29. The molecule has 2 atom stereocenters. The van der Waals surface area contributed by atoms with Crippen molar-refractivity contribution in [3.8, 4) is 0 Å². The number of nitrogens with two attached hydrogens (primary N) is 1. The molecule has 1 amide bonds. The third-order valence-corrected chi connectivity index (χ3v) is 4.98. The number of amides is 1. The van der Waals surface area contributed by atoms with E-state index < -0.39 is 10.8 Å². The molecule has 0 aliphatic heterocycles. The van der Waals surface area contributed by atoms with Gasteiger partial charge in [0.15, 0.2) is 0 Å². The topological polar surface area (TPSA) is 98.3 Å². The number of thioether (sulfide) groups is 1. The summed E-state index contributed by atoms with van der Waals surface area (Å²) in [6, 6.07) is 4.39. The van der Waals surface area contributed by atoms with Crippen LogP contribution in [0.25, 0.3) is 0 Å². The first kappa shape index (κ1) is 15.6. The molecule has 0 aromatic heterocycles. The number of nitro benzene ring substituents is 1. The Hall–Kier alpha value is -1.76. The minimum Gasteiger partial charge on any atom is -0.376 e. The van der Waals surface area contributed by atoms with Gasteiger partial charge >= 0.3 is 0 Å². The van der Waals surface area contributed by atoms with Gasteiger partial charge in [-0.1, -0.05) is 13.3 Å². The number of rotatable bonds is 6. The van der Waals surface area contributed by atoms with E-state index in [0.29, 0.717) is 10.9 Å². The quantitative estimate of drug-likeness (QED) is 0.622. The summed E-state index contributed by atoms with van der Waals surface area (Å²) in [7, 11) is 0. The molecule has 0 saturated heterocycles. The molecular formula is C14H19N3O3S. The van der Waals surface area contributed by atoms with Gasteiger partial charge in [0.05, 0.1) is 4.92 Å². The zero-order valence-corrected chi connectivity index (χ0v) is 12.7. The maximum absolute atomic E-state index is 11.3. The third kappa shape index (κ3) is 3.66. The monoisotopic (exact) mass is 309 g/mol. The van der Waals surface area contributed by atoms with Crippen molar-refractivity contribution >= 4 is 29.0 Å². The Balaban J connectivity index is 2.26. The Labute approximate surface area is 127 Å². The van der Waals surface area contributed by atoms with Gasteiger partial charge < -0.3 is 11.1 Å². The molecule has 1 aliphatic carbocycles. The zero-order chi connectivity index (χ0) is 15.4. The van der Waals surface area contributed by atoms with Crippen molar-refractivity contribution in [3.63, 3.8) is 0 Å². The molecule has 0 bridgehead atoms. The highest BCUT2D eigenvalue weighted by Crippen LogP contribution is 2.34. The standard InChI is InChI=1S/C14H19N3O3S/c1-2-21-13-5-3-4-10(13)16-11-8-9(14(15)18)6-7-12(11)17(19)20/h6-8,10,13,16H,2-5H2,1H3,(H2,15,18). The molecule has 1 aliphatic rings. The number of carbonyl (C=O) groups is 1. The van der Waals surface area contributed by atoms with Crippen LogP contribution in [-0.2, 0) is 0 Å². The van der Waals surface area contributed by atoms with Gasteiger partial charge in [-0.05, 0) is 30.7 Å². The van der Waals surface area contributed by atoms with E-state index in [1.165, 1.54) is 18.2 Å². The van der Waals surface area contributed by atoms with Crippen LogP contribution in [0.3, 0.4) is 0 Å². The van der Waals surface area contributed by atoms with Gasteiger partial charge in [0, 0.05) is 22.9 Å². The maximum Gasteiger partial charge on any atom is 0.292 e. The van der Waals surface area contributed by atoms with E-state index in [1.54, 1.807) is 0 Å². The summed E-state index contributed by atoms with van der Waals surface area (Å²) in [5, 5.41) is 14.8. The molecule has 1 aromatic rings. The predicted molar refractivity (Wildman–Crippen MR) is 84.8 cm³/mol. The second-order valence-corrected chi connectivity index (χ2v) is 6.54. The number of hydrogen-bond acceptors (Lipinski definition) is 5. The molecule has 1 fully saturated rings. The summed E-state index contributed by atoms with van der Waals surface area (Å²) in [5.74, 6) is 0.436. The van der Waals surface area contributed by atoms with E-state index in [4.69, 9.17) is 5.73 Å². The number of carbonyl (C=O) groups excluding carboxylic acids is 1. The fraction of sp³-hybridized carbons (Fsp3) is 0.500. The zero-order valence-electron chi connectivity index (χ0n) is 11.9. The molecule has 21 heavy (non-hydrogen) atoms. The summed E-state index contributed by atoms with van der Waals surface area (Å²) in [5.41, 5.74) is 5.89. The summed E-state index contributed by atoms with van der Waals surface area (Å²) in [4.78, 5) is 21.9. The first-order valence-corrected chi connectivity index (χ1v) is 8.04. The molecular weight excluding hydrogens is 290 g/mol. The maximum atomic E-state index is 11.3. The van der Waals surface area contributed by atoms with Crippen molar-refractivity contribution in [1.82, 2.24) is 0 Å². The molecule has 2 unspecified atom stereocenters. The van der Waals surface area contributed by atoms with Crippen LogP contribution in [0.15, 0.2) is 18.2 Å². The lowest BCUT2D eigenvalue weighted by molar-refractivity contribution is -0.384. The first-order chi connectivity index (χ1) is 10.0. The molecule has 1 aromatic carbocycles. The Morgan fingerprint density at radius 2 is 2.29 bits per heavy atom. The Morgan fingerprint density at radius 1 is 1.52 bits per heavy atom. The van der Waals surface area contributed by atoms with E-state index in [9.17, 15) is 14.9 Å². The average molecular weight is 309 g/mol. The minimum atomic E-state index is -0.584. The molecule has 114 valence electrons. The largest absolute Gasteiger partial charge is 0.376 e. The van der Waals surface area contributed by atoms with E-state index in [2.05, 4.69) is 12.2 Å². The molecule has 0 spiro atoms. The van der Waals surface area contributed by atoms with Crippen LogP contribution in [0.4, 0.5) is 11.4 Å². The number of benzene rings is 1. The molecule has 0 radical (unpaired) electrons.